The summed E-state index contributed by atoms with van der Waals surface area (Å²) in [6.07, 6.45) is 5.41. The maximum Gasteiger partial charge on any atom is 0.241 e. The van der Waals surface area contributed by atoms with Crippen LogP contribution in [-0.4, -0.2) is 19.6 Å². The Morgan fingerprint density at radius 3 is 2.67 bits per heavy atom. The van der Waals surface area contributed by atoms with Crippen molar-refractivity contribution in [1.82, 2.24) is 4.72 Å². The molecule has 2 rings (SSSR count). The average Bonchev–Trinajstić information content (AvgIpc) is 2.64. The summed E-state index contributed by atoms with van der Waals surface area (Å²) in [5.74, 6) is 0.364. The van der Waals surface area contributed by atoms with Crippen LogP contribution in [0.3, 0.4) is 0 Å². The number of nitrogens with one attached hydrogen (secondary N) is 1. The number of benzene rings is 1. The lowest BCUT2D eigenvalue weighted by molar-refractivity contribution is 0.281. The molecule has 0 spiro atoms. The lowest BCUT2D eigenvalue weighted by Gasteiger charge is -2.23. The van der Waals surface area contributed by atoms with Crippen molar-refractivity contribution in [2.45, 2.75) is 63.5 Å². The second-order valence-electron chi connectivity index (χ2n) is 6.10. The highest BCUT2D eigenvalue weighted by Crippen LogP contribution is 2.25. The molecule has 1 fully saturated rings. The van der Waals surface area contributed by atoms with E-state index in [0.29, 0.717) is 17.0 Å². The highest BCUT2D eigenvalue weighted by atomic mass is 32.2. The van der Waals surface area contributed by atoms with Gasteiger partial charge in [0.05, 0.1) is 11.5 Å². The molecular formula is C16H25NO3S. The monoisotopic (exact) mass is 311 g/mol. The van der Waals surface area contributed by atoms with Gasteiger partial charge in [-0.05, 0) is 42.9 Å². The van der Waals surface area contributed by atoms with Crippen LogP contribution >= 0.6 is 0 Å². The van der Waals surface area contributed by atoms with E-state index in [1.165, 1.54) is 12.8 Å². The Kier molecular flexibility index (Phi) is 5.41. The van der Waals surface area contributed by atoms with Crippen LogP contribution in [0.2, 0.25) is 0 Å². The molecule has 1 aliphatic carbocycles. The second kappa shape index (κ2) is 6.90. The maximum atomic E-state index is 12.7. The Bertz CT molecular complexity index is 583. The molecule has 2 unspecified atom stereocenters. The van der Waals surface area contributed by atoms with Crippen LogP contribution in [0.1, 0.15) is 50.2 Å². The van der Waals surface area contributed by atoms with Gasteiger partial charge in [0, 0.05) is 6.04 Å². The number of aliphatic hydroxyl groups is 1. The van der Waals surface area contributed by atoms with Crippen LogP contribution in [0.5, 0.6) is 0 Å². The van der Waals surface area contributed by atoms with Gasteiger partial charge in [-0.25, -0.2) is 13.1 Å². The van der Waals surface area contributed by atoms with Crippen molar-refractivity contribution in [3.8, 4) is 0 Å². The predicted molar refractivity (Wildman–Crippen MR) is 83.5 cm³/mol. The zero-order valence-electron chi connectivity index (χ0n) is 12.8. The zero-order valence-corrected chi connectivity index (χ0v) is 13.6. The third-order valence-electron chi connectivity index (χ3n) is 4.39. The maximum absolute atomic E-state index is 12.7. The Morgan fingerprint density at radius 1 is 1.24 bits per heavy atom. The summed E-state index contributed by atoms with van der Waals surface area (Å²) in [6, 6.07) is 5.08. The molecule has 5 heteroatoms. The fraction of sp³-hybridized carbons (Fsp3) is 0.625. The number of hydrogen-bond acceptors (Lipinski definition) is 3. The molecular weight excluding hydrogens is 286 g/mol. The van der Waals surface area contributed by atoms with Gasteiger partial charge in [-0.3, -0.25) is 0 Å². The van der Waals surface area contributed by atoms with Crippen LogP contribution in [0, 0.1) is 12.8 Å². The lowest BCUT2D eigenvalue weighted by atomic mass is 9.98. The molecule has 118 valence electrons. The largest absolute Gasteiger partial charge is 0.392 e. The summed E-state index contributed by atoms with van der Waals surface area (Å²) in [6.45, 7) is 3.75. The first kappa shape index (κ1) is 16.5. The minimum atomic E-state index is -3.53. The molecule has 4 nitrogen and oxygen atoms in total. The van der Waals surface area contributed by atoms with E-state index >= 15 is 0 Å². The second-order valence-corrected chi connectivity index (χ2v) is 7.78. The van der Waals surface area contributed by atoms with Crippen molar-refractivity contribution in [3.63, 3.8) is 0 Å². The van der Waals surface area contributed by atoms with Gasteiger partial charge < -0.3 is 5.11 Å². The molecule has 0 aliphatic heterocycles. The highest BCUT2D eigenvalue weighted by Gasteiger charge is 2.26. The zero-order chi connectivity index (χ0) is 15.5. The van der Waals surface area contributed by atoms with Gasteiger partial charge in [-0.2, -0.15) is 0 Å². The third kappa shape index (κ3) is 4.05. The van der Waals surface area contributed by atoms with E-state index in [9.17, 15) is 13.5 Å². The molecule has 0 heterocycles. The Labute approximate surface area is 127 Å². The number of aryl methyl sites for hydroxylation is 1. The van der Waals surface area contributed by atoms with Gasteiger partial charge in [0.15, 0.2) is 0 Å². The molecule has 0 aromatic heterocycles. The summed E-state index contributed by atoms with van der Waals surface area (Å²) in [4.78, 5) is 0.283. The highest BCUT2D eigenvalue weighted by molar-refractivity contribution is 7.89. The van der Waals surface area contributed by atoms with Crippen LogP contribution < -0.4 is 4.72 Å². The van der Waals surface area contributed by atoms with Gasteiger partial charge in [0.1, 0.15) is 0 Å². The Balaban J connectivity index is 2.25. The molecule has 21 heavy (non-hydrogen) atoms. The van der Waals surface area contributed by atoms with E-state index in [4.69, 9.17) is 0 Å². The first-order chi connectivity index (χ1) is 9.94. The standard InChI is InChI=1S/C16H25NO3S/c1-12-6-4-3-5-7-15(12)17-21(19,20)16-10-14(11-18)9-8-13(16)2/h8-10,12,15,17-18H,3-7,11H2,1-2H3. The van der Waals surface area contributed by atoms with E-state index in [1.807, 2.05) is 0 Å². The van der Waals surface area contributed by atoms with Crippen molar-refractivity contribution < 1.29 is 13.5 Å². The van der Waals surface area contributed by atoms with Gasteiger partial charge in [-0.15, -0.1) is 0 Å². The molecule has 2 N–H and O–H groups in total. The first-order valence-corrected chi connectivity index (χ1v) is 9.15. The summed E-state index contributed by atoms with van der Waals surface area (Å²) in [7, 11) is -3.53. The molecule has 0 bridgehead atoms. The molecule has 0 radical (unpaired) electrons. The molecule has 1 aromatic rings. The molecule has 1 saturated carbocycles. The van der Waals surface area contributed by atoms with Gasteiger partial charge >= 0.3 is 0 Å². The van der Waals surface area contributed by atoms with Crippen LogP contribution in [0.25, 0.3) is 0 Å². The minimum absolute atomic E-state index is 0.00897. The fourth-order valence-electron chi connectivity index (χ4n) is 2.96. The number of hydrogen-bond donors (Lipinski definition) is 2. The summed E-state index contributed by atoms with van der Waals surface area (Å²) in [5.41, 5.74) is 1.33. The van der Waals surface area contributed by atoms with Crippen molar-refractivity contribution in [3.05, 3.63) is 29.3 Å². The lowest BCUT2D eigenvalue weighted by Crippen LogP contribution is -2.39. The van der Waals surface area contributed by atoms with Crippen molar-refractivity contribution >= 4 is 10.0 Å². The average molecular weight is 311 g/mol. The third-order valence-corrected chi connectivity index (χ3v) is 6.02. The topological polar surface area (TPSA) is 66.4 Å². The predicted octanol–water partition coefficient (Wildman–Crippen LogP) is 2.73. The Hall–Kier alpha value is -0.910. The number of sulfonamides is 1. The first-order valence-electron chi connectivity index (χ1n) is 7.67. The SMILES string of the molecule is Cc1ccc(CO)cc1S(=O)(=O)NC1CCCCCC1C. The smallest absolute Gasteiger partial charge is 0.241 e. The minimum Gasteiger partial charge on any atom is -0.392 e. The summed E-state index contributed by atoms with van der Waals surface area (Å²) >= 11 is 0. The fourth-order valence-corrected chi connectivity index (χ4v) is 4.64. The van der Waals surface area contributed by atoms with Gasteiger partial charge in [0.25, 0.3) is 0 Å². The molecule has 0 saturated heterocycles. The van der Waals surface area contributed by atoms with E-state index in [2.05, 4.69) is 11.6 Å². The number of aliphatic hydroxyl groups excluding tert-OH is 1. The van der Waals surface area contributed by atoms with Crippen molar-refractivity contribution in [1.29, 1.82) is 0 Å². The molecule has 2 atom stereocenters. The van der Waals surface area contributed by atoms with E-state index in [-0.39, 0.29) is 17.5 Å². The molecule has 1 aliphatic rings. The van der Waals surface area contributed by atoms with Crippen LogP contribution in [-0.2, 0) is 16.6 Å². The molecule has 1 aromatic carbocycles. The van der Waals surface area contributed by atoms with E-state index < -0.39 is 10.0 Å². The van der Waals surface area contributed by atoms with Crippen molar-refractivity contribution in [2.75, 3.05) is 0 Å². The summed E-state index contributed by atoms with van der Waals surface area (Å²) in [5, 5.41) is 9.20. The van der Waals surface area contributed by atoms with E-state index in [0.717, 1.165) is 19.3 Å². The molecule has 0 amide bonds. The van der Waals surface area contributed by atoms with Crippen LogP contribution in [0.4, 0.5) is 0 Å². The van der Waals surface area contributed by atoms with Gasteiger partial charge in [-0.1, -0.05) is 38.3 Å². The van der Waals surface area contributed by atoms with E-state index in [1.54, 1.807) is 25.1 Å². The number of rotatable bonds is 4. The van der Waals surface area contributed by atoms with Crippen LogP contribution in [0.15, 0.2) is 23.1 Å². The quantitative estimate of drug-likeness (QED) is 0.840. The summed E-state index contributed by atoms with van der Waals surface area (Å²) < 4.78 is 28.2. The Morgan fingerprint density at radius 2 is 1.95 bits per heavy atom. The van der Waals surface area contributed by atoms with Gasteiger partial charge in [0.2, 0.25) is 10.0 Å². The van der Waals surface area contributed by atoms with Crippen molar-refractivity contribution in [2.24, 2.45) is 5.92 Å². The normalized spacial score (nSPS) is 23.8.